The minimum absolute atomic E-state index is 0.00363. The van der Waals surface area contributed by atoms with Gasteiger partial charge in [-0.05, 0) is 43.5 Å². The predicted molar refractivity (Wildman–Crippen MR) is 98.8 cm³/mol. The summed E-state index contributed by atoms with van der Waals surface area (Å²) in [5.41, 5.74) is 0.622. The number of rotatable bonds is 9. The molecule has 1 fully saturated rings. The maximum absolute atomic E-state index is 12.4. The number of methoxy groups -OCH3 is 1. The molecule has 0 bridgehead atoms. The van der Waals surface area contributed by atoms with Crippen LogP contribution in [0.1, 0.15) is 33.1 Å². The molecule has 2 rings (SSSR count). The van der Waals surface area contributed by atoms with E-state index in [2.05, 4.69) is 10.6 Å². The van der Waals surface area contributed by atoms with Gasteiger partial charge in [0.05, 0.1) is 20.2 Å². The molecule has 142 valence electrons. The van der Waals surface area contributed by atoms with E-state index in [0.29, 0.717) is 11.4 Å². The summed E-state index contributed by atoms with van der Waals surface area (Å²) in [4.78, 5) is 38.1. The van der Waals surface area contributed by atoms with Gasteiger partial charge in [-0.2, -0.15) is 0 Å². The number of carbonyl (C=O) groups is 3. The van der Waals surface area contributed by atoms with E-state index < -0.39 is 0 Å². The van der Waals surface area contributed by atoms with Crippen LogP contribution in [0.25, 0.3) is 0 Å². The summed E-state index contributed by atoms with van der Waals surface area (Å²) >= 11 is 0. The third-order valence-electron chi connectivity index (χ3n) is 4.44. The molecule has 1 unspecified atom stereocenters. The summed E-state index contributed by atoms with van der Waals surface area (Å²) in [5.74, 6) is -0.0368. The molecule has 1 saturated carbocycles. The van der Waals surface area contributed by atoms with Gasteiger partial charge in [0.15, 0.2) is 0 Å². The molecule has 7 nitrogen and oxygen atoms in total. The molecule has 1 aromatic carbocycles. The van der Waals surface area contributed by atoms with Gasteiger partial charge in [-0.15, -0.1) is 0 Å². The van der Waals surface area contributed by atoms with Gasteiger partial charge in [-0.3, -0.25) is 14.4 Å². The third-order valence-corrected chi connectivity index (χ3v) is 4.44. The van der Waals surface area contributed by atoms with Gasteiger partial charge >= 0.3 is 0 Å². The lowest BCUT2D eigenvalue weighted by Gasteiger charge is -2.24. The summed E-state index contributed by atoms with van der Waals surface area (Å²) in [6.07, 6.45) is 2.62. The number of carbonyl (C=O) groups excluding carboxylic acids is 3. The van der Waals surface area contributed by atoms with Crippen LogP contribution in [0.15, 0.2) is 24.3 Å². The predicted octanol–water partition coefficient (Wildman–Crippen LogP) is 1.79. The van der Waals surface area contributed by atoms with Crippen molar-refractivity contribution >= 4 is 23.4 Å². The summed E-state index contributed by atoms with van der Waals surface area (Å²) in [5, 5.41) is 5.28. The number of benzene rings is 1. The monoisotopic (exact) mass is 361 g/mol. The third kappa shape index (κ3) is 5.75. The minimum atomic E-state index is -0.324. The fraction of sp³-hybridized carbons (Fsp3) is 0.526. The van der Waals surface area contributed by atoms with Crippen LogP contribution in [-0.4, -0.2) is 48.9 Å². The van der Waals surface area contributed by atoms with Crippen molar-refractivity contribution in [3.63, 3.8) is 0 Å². The Labute approximate surface area is 154 Å². The zero-order valence-corrected chi connectivity index (χ0v) is 15.6. The first-order chi connectivity index (χ1) is 12.4. The average Bonchev–Trinajstić information content (AvgIpc) is 3.49. The Morgan fingerprint density at radius 3 is 2.38 bits per heavy atom. The lowest BCUT2D eigenvalue weighted by Crippen LogP contribution is -2.45. The number of nitrogens with one attached hydrogen (secondary N) is 2. The lowest BCUT2D eigenvalue weighted by atomic mass is 10.1. The van der Waals surface area contributed by atoms with E-state index in [1.807, 2.05) is 13.8 Å². The van der Waals surface area contributed by atoms with E-state index in [-0.39, 0.29) is 42.8 Å². The molecule has 1 aliphatic carbocycles. The first-order valence-corrected chi connectivity index (χ1v) is 8.95. The Bertz CT molecular complexity index is 641. The molecule has 0 saturated heterocycles. The maximum Gasteiger partial charge on any atom is 0.243 e. The molecule has 0 aromatic heterocycles. The van der Waals surface area contributed by atoms with Gasteiger partial charge in [0.25, 0.3) is 0 Å². The van der Waals surface area contributed by atoms with Crippen molar-refractivity contribution in [2.24, 2.45) is 5.92 Å². The molecule has 1 aromatic rings. The highest BCUT2D eigenvalue weighted by Crippen LogP contribution is 2.28. The van der Waals surface area contributed by atoms with E-state index in [1.54, 1.807) is 36.3 Å². The van der Waals surface area contributed by atoms with Crippen LogP contribution in [0.2, 0.25) is 0 Å². The fourth-order valence-electron chi connectivity index (χ4n) is 2.50. The molecular weight excluding hydrogens is 334 g/mol. The second-order valence-corrected chi connectivity index (χ2v) is 6.56. The summed E-state index contributed by atoms with van der Waals surface area (Å²) in [7, 11) is 1.57. The Morgan fingerprint density at radius 1 is 1.19 bits per heavy atom. The molecule has 0 heterocycles. The summed E-state index contributed by atoms with van der Waals surface area (Å²) in [6.45, 7) is 3.69. The van der Waals surface area contributed by atoms with Crippen LogP contribution in [-0.2, 0) is 14.4 Å². The number of ether oxygens (including phenoxy) is 1. The number of nitrogens with zero attached hydrogens (tertiary/aromatic N) is 1. The summed E-state index contributed by atoms with van der Waals surface area (Å²) < 4.78 is 5.06. The van der Waals surface area contributed by atoms with Crippen molar-refractivity contribution in [3.8, 4) is 5.75 Å². The van der Waals surface area contributed by atoms with Crippen LogP contribution >= 0.6 is 0 Å². The minimum Gasteiger partial charge on any atom is -0.497 e. The van der Waals surface area contributed by atoms with Gasteiger partial charge in [0, 0.05) is 17.6 Å². The van der Waals surface area contributed by atoms with Gasteiger partial charge in [0.1, 0.15) is 5.75 Å². The van der Waals surface area contributed by atoms with Crippen LogP contribution in [0.5, 0.6) is 5.75 Å². The number of anilines is 1. The van der Waals surface area contributed by atoms with E-state index >= 15 is 0 Å². The van der Waals surface area contributed by atoms with Crippen molar-refractivity contribution in [3.05, 3.63) is 24.3 Å². The molecule has 1 atom stereocenters. The van der Waals surface area contributed by atoms with Gasteiger partial charge in [-0.1, -0.05) is 13.8 Å². The Hall–Kier alpha value is -2.57. The van der Waals surface area contributed by atoms with Crippen LogP contribution < -0.4 is 15.4 Å². The van der Waals surface area contributed by atoms with Crippen LogP contribution in [0, 0.1) is 5.92 Å². The first kappa shape index (κ1) is 19.8. The molecule has 2 N–H and O–H groups in total. The highest BCUT2D eigenvalue weighted by Gasteiger charge is 2.35. The zero-order valence-electron chi connectivity index (χ0n) is 15.6. The molecule has 0 spiro atoms. The van der Waals surface area contributed by atoms with Gasteiger partial charge < -0.3 is 20.3 Å². The van der Waals surface area contributed by atoms with Crippen molar-refractivity contribution in [2.75, 3.05) is 25.5 Å². The topological polar surface area (TPSA) is 87.7 Å². The summed E-state index contributed by atoms with van der Waals surface area (Å²) in [6, 6.07) is 7.08. The zero-order chi connectivity index (χ0) is 19.1. The van der Waals surface area contributed by atoms with E-state index in [0.717, 1.165) is 19.3 Å². The smallest absolute Gasteiger partial charge is 0.243 e. The van der Waals surface area contributed by atoms with E-state index in [4.69, 9.17) is 4.74 Å². The van der Waals surface area contributed by atoms with Gasteiger partial charge in [0.2, 0.25) is 17.7 Å². The van der Waals surface area contributed by atoms with E-state index in [1.165, 1.54) is 0 Å². The molecule has 7 heteroatoms. The Balaban J connectivity index is 1.79. The van der Waals surface area contributed by atoms with E-state index in [9.17, 15) is 14.4 Å². The average molecular weight is 361 g/mol. The van der Waals surface area contributed by atoms with Crippen molar-refractivity contribution in [1.82, 2.24) is 10.2 Å². The largest absolute Gasteiger partial charge is 0.497 e. The highest BCUT2D eigenvalue weighted by atomic mass is 16.5. The number of hydrogen-bond acceptors (Lipinski definition) is 4. The lowest BCUT2D eigenvalue weighted by molar-refractivity contribution is -0.139. The molecular formula is C19H27N3O4. The van der Waals surface area contributed by atoms with Crippen LogP contribution in [0.4, 0.5) is 5.69 Å². The fourth-order valence-corrected chi connectivity index (χ4v) is 2.50. The van der Waals surface area contributed by atoms with Gasteiger partial charge in [-0.25, -0.2) is 0 Å². The molecule has 3 amide bonds. The van der Waals surface area contributed by atoms with Crippen molar-refractivity contribution in [2.45, 2.75) is 39.2 Å². The molecule has 0 aliphatic heterocycles. The second kappa shape index (κ2) is 9.22. The highest BCUT2D eigenvalue weighted by molar-refractivity contribution is 5.95. The molecule has 1 aliphatic rings. The SMILES string of the molecule is CCC(C)C(=O)N(CC(=O)NCC(=O)Nc1ccc(OC)cc1)C1CC1. The van der Waals surface area contributed by atoms with Crippen molar-refractivity contribution < 1.29 is 19.1 Å². The van der Waals surface area contributed by atoms with Crippen molar-refractivity contribution in [1.29, 1.82) is 0 Å². The standard InChI is InChI=1S/C19H27N3O4/c1-4-13(2)19(25)22(15-7-8-15)12-18(24)20-11-17(23)21-14-5-9-16(26-3)10-6-14/h5-6,9-10,13,15H,4,7-8,11-12H2,1-3H3,(H,20,24)(H,21,23). The second-order valence-electron chi connectivity index (χ2n) is 6.56. The quantitative estimate of drug-likeness (QED) is 0.702. The Morgan fingerprint density at radius 2 is 1.85 bits per heavy atom. The molecule has 26 heavy (non-hydrogen) atoms. The number of hydrogen-bond donors (Lipinski definition) is 2. The first-order valence-electron chi connectivity index (χ1n) is 8.95. The maximum atomic E-state index is 12.4. The molecule has 0 radical (unpaired) electrons. The normalized spacial score (nSPS) is 14.3. The number of amides is 3. The Kier molecular flexibility index (Phi) is 7.00. The van der Waals surface area contributed by atoms with Crippen LogP contribution in [0.3, 0.4) is 0 Å².